The van der Waals surface area contributed by atoms with Crippen LogP contribution in [-0.4, -0.2) is 51.6 Å². The van der Waals surface area contributed by atoms with E-state index < -0.39 is 10.0 Å². The Morgan fingerprint density at radius 1 is 1.11 bits per heavy atom. The molecule has 1 N–H and O–H groups in total. The molecule has 2 aromatic rings. The van der Waals surface area contributed by atoms with Crippen LogP contribution < -0.4 is 10.1 Å². The van der Waals surface area contributed by atoms with E-state index in [0.29, 0.717) is 23.8 Å². The van der Waals surface area contributed by atoms with E-state index in [0.717, 1.165) is 9.87 Å². The molecule has 2 aromatic carbocycles. The van der Waals surface area contributed by atoms with E-state index in [4.69, 9.17) is 4.74 Å². The average Bonchev–Trinajstić information content (AvgIpc) is 2.67. The Bertz CT molecular complexity index is 870. The summed E-state index contributed by atoms with van der Waals surface area (Å²) in [7, 11) is -0.516. The molecule has 6 nitrogen and oxygen atoms in total. The molecule has 152 valence electrons. The fraction of sp³-hybridized carbons (Fsp3) is 0.316. The van der Waals surface area contributed by atoms with Crippen LogP contribution in [0.25, 0.3) is 0 Å². The van der Waals surface area contributed by atoms with E-state index in [-0.39, 0.29) is 23.2 Å². The van der Waals surface area contributed by atoms with E-state index in [1.807, 2.05) is 0 Å². The van der Waals surface area contributed by atoms with Gasteiger partial charge >= 0.3 is 0 Å². The summed E-state index contributed by atoms with van der Waals surface area (Å²) in [6.45, 7) is 0.613. The van der Waals surface area contributed by atoms with E-state index >= 15 is 0 Å². The summed E-state index contributed by atoms with van der Waals surface area (Å²) >= 11 is 1.44. The van der Waals surface area contributed by atoms with Crippen molar-refractivity contribution in [2.75, 3.05) is 33.0 Å². The van der Waals surface area contributed by atoms with Crippen LogP contribution >= 0.6 is 11.8 Å². The fourth-order valence-corrected chi connectivity index (χ4v) is 3.89. The van der Waals surface area contributed by atoms with Gasteiger partial charge in [0.25, 0.3) is 0 Å². The Kier molecular flexibility index (Phi) is 8.28. The third-order valence-electron chi connectivity index (χ3n) is 3.71. The van der Waals surface area contributed by atoms with Crippen LogP contribution in [-0.2, 0) is 20.6 Å². The minimum absolute atomic E-state index is 0.108. The first-order chi connectivity index (χ1) is 13.3. The molecule has 1 amide bonds. The van der Waals surface area contributed by atoms with Crippen molar-refractivity contribution in [3.63, 3.8) is 0 Å². The number of rotatable bonds is 10. The third kappa shape index (κ3) is 6.81. The Balaban J connectivity index is 1.65. The zero-order chi connectivity index (χ0) is 20.6. The number of hydrogen-bond acceptors (Lipinski definition) is 5. The zero-order valence-corrected chi connectivity index (χ0v) is 17.4. The smallest absolute Gasteiger partial charge is 0.242 e. The number of halogens is 1. The molecular formula is C19H23FN2O4S2. The molecule has 0 bridgehead atoms. The van der Waals surface area contributed by atoms with Gasteiger partial charge in [0.15, 0.2) is 0 Å². The summed E-state index contributed by atoms with van der Waals surface area (Å²) < 4.78 is 43.5. The first-order valence-corrected chi connectivity index (χ1v) is 11.1. The number of carbonyl (C=O) groups is 1. The summed E-state index contributed by atoms with van der Waals surface area (Å²) in [6, 6.07) is 12.3. The van der Waals surface area contributed by atoms with Crippen molar-refractivity contribution in [3.8, 4) is 5.75 Å². The molecule has 9 heteroatoms. The largest absolute Gasteiger partial charge is 0.492 e. The lowest BCUT2D eigenvalue weighted by atomic mass is 10.2. The Hall–Kier alpha value is -2.10. The molecule has 0 aliphatic rings. The normalized spacial score (nSPS) is 11.4. The molecule has 0 aromatic heterocycles. The zero-order valence-electron chi connectivity index (χ0n) is 15.7. The van der Waals surface area contributed by atoms with Gasteiger partial charge in [-0.1, -0.05) is 12.1 Å². The second-order valence-electron chi connectivity index (χ2n) is 6.08. The number of nitrogens with one attached hydrogen (secondary N) is 1. The van der Waals surface area contributed by atoms with E-state index in [1.165, 1.54) is 50.1 Å². The van der Waals surface area contributed by atoms with Gasteiger partial charge in [0, 0.05) is 19.8 Å². The summed E-state index contributed by atoms with van der Waals surface area (Å²) in [5.74, 6) is 1.07. The number of hydrogen-bond donors (Lipinski definition) is 1. The molecule has 0 aliphatic carbocycles. The third-order valence-corrected chi connectivity index (χ3v) is 6.54. The number of thioether (sulfide) groups is 1. The van der Waals surface area contributed by atoms with Crippen LogP contribution in [0, 0.1) is 5.82 Å². The molecule has 0 unspecified atom stereocenters. The Morgan fingerprint density at radius 3 is 2.36 bits per heavy atom. The van der Waals surface area contributed by atoms with Gasteiger partial charge in [0.1, 0.15) is 18.2 Å². The summed E-state index contributed by atoms with van der Waals surface area (Å²) in [6.07, 6.45) is 0. The van der Waals surface area contributed by atoms with Gasteiger partial charge in [-0.05, 0) is 42.0 Å². The molecule has 0 saturated heterocycles. The molecule has 0 heterocycles. The maximum Gasteiger partial charge on any atom is 0.242 e. The molecular weight excluding hydrogens is 403 g/mol. The monoisotopic (exact) mass is 426 g/mol. The summed E-state index contributed by atoms with van der Waals surface area (Å²) in [5.41, 5.74) is 0.960. The quantitative estimate of drug-likeness (QED) is 0.591. The predicted octanol–water partition coefficient (Wildman–Crippen LogP) is 2.50. The van der Waals surface area contributed by atoms with Gasteiger partial charge in [0.05, 0.1) is 17.2 Å². The molecule has 0 atom stereocenters. The Labute approximate surface area is 169 Å². The van der Waals surface area contributed by atoms with Crippen molar-refractivity contribution in [1.29, 1.82) is 0 Å². The summed E-state index contributed by atoms with van der Waals surface area (Å²) in [5, 5.41) is 2.75. The van der Waals surface area contributed by atoms with Crippen LogP contribution in [0.2, 0.25) is 0 Å². The van der Waals surface area contributed by atoms with Crippen molar-refractivity contribution >= 4 is 27.7 Å². The minimum Gasteiger partial charge on any atom is -0.492 e. The Morgan fingerprint density at radius 2 is 1.75 bits per heavy atom. The first kappa shape index (κ1) is 22.2. The molecule has 0 saturated carbocycles. The highest BCUT2D eigenvalue weighted by Crippen LogP contribution is 2.18. The van der Waals surface area contributed by atoms with Crippen LogP contribution in [0.15, 0.2) is 53.4 Å². The van der Waals surface area contributed by atoms with Crippen molar-refractivity contribution in [1.82, 2.24) is 9.62 Å². The number of carbonyl (C=O) groups excluding carboxylic acids is 1. The van der Waals surface area contributed by atoms with Crippen molar-refractivity contribution in [3.05, 3.63) is 59.9 Å². The van der Waals surface area contributed by atoms with Crippen molar-refractivity contribution in [2.45, 2.75) is 10.6 Å². The second-order valence-corrected chi connectivity index (χ2v) is 9.21. The highest BCUT2D eigenvalue weighted by atomic mass is 32.2. The molecule has 0 fully saturated rings. The van der Waals surface area contributed by atoms with Gasteiger partial charge in [-0.3, -0.25) is 4.79 Å². The maximum absolute atomic E-state index is 12.8. The second kappa shape index (κ2) is 10.4. The molecule has 2 rings (SSSR count). The van der Waals surface area contributed by atoms with Crippen LogP contribution in [0.5, 0.6) is 5.75 Å². The van der Waals surface area contributed by atoms with E-state index in [2.05, 4.69) is 5.32 Å². The highest BCUT2D eigenvalue weighted by molar-refractivity contribution is 7.99. The highest BCUT2D eigenvalue weighted by Gasteiger charge is 2.16. The standard InChI is InChI=1S/C19H23FN2O4S2/c1-22(2)28(24,25)18-9-7-17(8-10-18)26-12-11-21-19(23)14-27-13-15-3-5-16(20)6-4-15/h3-10H,11-14H2,1-2H3,(H,21,23). The molecule has 0 aliphatic heterocycles. The van der Waals surface area contributed by atoms with Crippen molar-refractivity contribution in [2.24, 2.45) is 0 Å². The van der Waals surface area contributed by atoms with E-state index in [9.17, 15) is 17.6 Å². The van der Waals surface area contributed by atoms with Gasteiger partial charge in [-0.25, -0.2) is 17.1 Å². The van der Waals surface area contributed by atoms with Gasteiger partial charge in [-0.15, -0.1) is 11.8 Å². The lowest BCUT2D eigenvalue weighted by Gasteiger charge is -2.12. The number of ether oxygens (including phenoxy) is 1. The number of nitrogens with zero attached hydrogens (tertiary/aromatic N) is 1. The lowest BCUT2D eigenvalue weighted by molar-refractivity contribution is -0.118. The van der Waals surface area contributed by atoms with Gasteiger partial charge in [0.2, 0.25) is 15.9 Å². The van der Waals surface area contributed by atoms with Crippen molar-refractivity contribution < 1.29 is 22.3 Å². The SMILES string of the molecule is CN(C)S(=O)(=O)c1ccc(OCCNC(=O)CSCc2ccc(F)cc2)cc1. The average molecular weight is 427 g/mol. The topological polar surface area (TPSA) is 75.7 Å². The number of amides is 1. The first-order valence-electron chi connectivity index (χ1n) is 8.53. The molecule has 0 spiro atoms. The number of benzene rings is 2. The lowest BCUT2D eigenvalue weighted by Crippen LogP contribution is -2.29. The van der Waals surface area contributed by atoms with Gasteiger partial charge < -0.3 is 10.1 Å². The van der Waals surface area contributed by atoms with Crippen LogP contribution in [0.3, 0.4) is 0 Å². The van der Waals surface area contributed by atoms with E-state index in [1.54, 1.807) is 24.3 Å². The molecule has 0 radical (unpaired) electrons. The van der Waals surface area contributed by atoms with Crippen LogP contribution in [0.1, 0.15) is 5.56 Å². The molecule has 28 heavy (non-hydrogen) atoms. The number of sulfonamides is 1. The summed E-state index contributed by atoms with van der Waals surface area (Å²) in [4.78, 5) is 12.0. The predicted molar refractivity (Wildman–Crippen MR) is 108 cm³/mol. The maximum atomic E-state index is 12.8. The minimum atomic E-state index is -3.46. The van der Waals surface area contributed by atoms with Crippen LogP contribution in [0.4, 0.5) is 4.39 Å². The van der Waals surface area contributed by atoms with Gasteiger partial charge in [-0.2, -0.15) is 0 Å². The fourth-order valence-electron chi connectivity index (χ4n) is 2.17.